The van der Waals surface area contributed by atoms with E-state index in [9.17, 15) is 9.90 Å². The Morgan fingerprint density at radius 2 is 2.11 bits per heavy atom. The Hall–Kier alpha value is -1.26. The Labute approximate surface area is 112 Å². The highest BCUT2D eigenvalue weighted by atomic mass is 35.5. The smallest absolute Gasteiger partial charge is 0.321 e. The van der Waals surface area contributed by atoms with Crippen LogP contribution in [0, 0.1) is 0 Å². The zero-order chi connectivity index (χ0) is 13.2. The molecule has 18 heavy (non-hydrogen) atoms. The van der Waals surface area contributed by atoms with Crippen molar-refractivity contribution in [1.82, 2.24) is 4.90 Å². The van der Waals surface area contributed by atoms with Gasteiger partial charge in [-0.1, -0.05) is 11.6 Å². The van der Waals surface area contributed by atoms with Gasteiger partial charge in [-0.3, -0.25) is 0 Å². The van der Waals surface area contributed by atoms with Crippen LogP contribution in [0.2, 0.25) is 5.02 Å². The van der Waals surface area contributed by atoms with E-state index >= 15 is 0 Å². The number of nitrogens with zero attached hydrogens (tertiary/aromatic N) is 1. The second-order valence-corrected chi connectivity index (χ2v) is 5.40. The van der Waals surface area contributed by atoms with Crippen molar-refractivity contribution in [1.29, 1.82) is 0 Å². The average Bonchev–Trinajstić information content (AvgIpc) is 2.31. The Morgan fingerprint density at radius 3 is 2.72 bits per heavy atom. The van der Waals surface area contributed by atoms with Crippen LogP contribution in [-0.2, 0) is 0 Å². The number of halogens is 1. The van der Waals surface area contributed by atoms with Gasteiger partial charge in [0.05, 0.1) is 12.1 Å². The number of likely N-dealkylation sites (tertiary alicyclic amines) is 1. The molecule has 0 aliphatic carbocycles. The van der Waals surface area contributed by atoms with Crippen LogP contribution in [0.25, 0.3) is 0 Å². The summed E-state index contributed by atoms with van der Waals surface area (Å²) in [7, 11) is 0. The molecule has 1 aromatic carbocycles. The van der Waals surface area contributed by atoms with Gasteiger partial charge in [0.1, 0.15) is 0 Å². The lowest BCUT2D eigenvalue weighted by Crippen LogP contribution is -2.49. The molecule has 0 bridgehead atoms. The molecule has 1 aliphatic rings. The first-order valence-corrected chi connectivity index (χ1v) is 6.38. The molecule has 2 rings (SSSR count). The van der Waals surface area contributed by atoms with Crippen molar-refractivity contribution < 1.29 is 9.90 Å². The van der Waals surface area contributed by atoms with Crippen LogP contribution >= 0.6 is 11.6 Å². The summed E-state index contributed by atoms with van der Waals surface area (Å²) in [6.07, 6.45) is 1.55. The van der Waals surface area contributed by atoms with Gasteiger partial charge in [0.25, 0.3) is 0 Å². The van der Waals surface area contributed by atoms with Crippen LogP contribution in [0.5, 0.6) is 0 Å². The lowest BCUT2D eigenvalue weighted by atomic mass is 9.95. The van der Waals surface area contributed by atoms with E-state index in [0.717, 1.165) is 12.8 Å². The molecule has 1 atom stereocenters. The van der Waals surface area contributed by atoms with Crippen molar-refractivity contribution in [2.45, 2.75) is 25.4 Å². The molecule has 0 radical (unpaired) electrons. The minimum absolute atomic E-state index is 0.183. The highest BCUT2D eigenvalue weighted by Gasteiger charge is 2.30. The van der Waals surface area contributed by atoms with Crippen molar-refractivity contribution >= 4 is 23.3 Å². The second kappa shape index (κ2) is 5.16. The molecule has 0 aromatic heterocycles. The molecule has 0 saturated carbocycles. The standard InChI is InChI=1S/C13H17ClN2O2/c1-13(18)7-2-8-16(9-13)12(17)15-11-5-3-10(14)4-6-11/h3-6,18H,2,7-9H2,1H3,(H,15,17). The van der Waals surface area contributed by atoms with Crippen molar-refractivity contribution in [3.8, 4) is 0 Å². The number of benzene rings is 1. The number of urea groups is 1. The fraction of sp³-hybridized carbons (Fsp3) is 0.462. The van der Waals surface area contributed by atoms with Gasteiger partial charge in [-0.15, -0.1) is 0 Å². The summed E-state index contributed by atoms with van der Waals surface area (Å²) >= 11 is 5.78. The van der Waals surface area contributed by atoms with E-state index in [1.807, 2.05) is 0 Å². The zero-order valence-electron chi connectivity index (χ0n) is 10.3. The van der Waals surface area contributed by atoms with Crippen LogP contribution < -0.4 is 5.32 Å². The molecule has 98 valence electrons. The molecular formula is C13H17ClN2O2. The van der Waals surface area contributed by atoms with Gasteiger partial charge < -0.3 is 15.3 Å². The first-order valence-electron chi connectivity index (χ1n) is 6.00. The van der Waals surface area contributed by atoms with E-state index in [-0.39, 0.29) is 6.03 Å². The SMILES string of the molecule is CC1(O)CCCN(C(=O)Nc2ccc(Cl)cc2)C1. The first-order chi connectivity index (χ1) is 8.46. The molecule has 2 N–H and O–H groups in total. The van der Waals surface area contributed by atoms with Crippen LogP contribution in [0.1, 0.15) is 19.8 Å². The zero-order valence-corrected chi connectivity index (χ0v) is 11.1. The topological polar surface area (TPSA) is 52.6 Å². The predicted molar refractivity (Wildman–Crippen MR) is 71.9 cm³/mol. The molecule has 1 fully saturated rings. The lowest BCUT2D eigenvalue weighted by molar-refractivity contribution is -0.000634. The van der Waals surface area contributed by atoms with Crippen molar-refractivity contribution in [3.63, 3.8) is 0 Å². The number of nitrogens with one attached hydrogen (secondary N) is 1. The van der Waals surface area contributed by atoms with E-state index in [4.69, 9.17) is 11.6 Å². The second-order valence-electron chi connectivity index (χ2n) is 4.96. The molecule has 1 heterocycles. The average molecular weight is 269 g/mol. The minimum atomic E-state index is -0.782. The summed E-state index contributed by atoms with van der Waals surface area (Å²) in [6.45, 7) is 2.80. The fourth-order valence-electron chi connectivity index (χ4n) is 2.13. The van der Waals surface area contributed by atoms with Gasteiger partial charge in [0.15, 0.2) is 0 Å². The summed E-state index contributed by atoms with van der Waals surface area (Å²) in [4.78, 5) is 13.6. The van der Waals surface area contributed by atoms with Gasteiger partial charge in [-0.05, 0) is 44.0 Å². The van der Waals surface area contributed by atoms with Crippen LogP contribution in [-0.4, -0.2) is 34.7 Å². The molecule has 5 heteroatoms. The maximum Gasteiger partial charge on any atom is 0.321 e. The van der Waals surface area contributed by atoms with Gasteiger partial charge in [0.2, 0.25) is 0 Å². The summed E-state index contributed by atoms with van der Waals surface area (Å²) < 4.78 is 0. The third-order valence-corrected chi connectivity index (χ3v) is 3.31. The van der Waals surface area contributed by atoms with Gasteiger partial charge in [-0.25, -0.2) is 4.79 Å². The monoisotopic (exact) mass is 268 g/mol. The Bertz CT molecular complexity index is 431. The molecule has 1 unspecified atom stereocenters. The maximum atomic E-state index is 12.0. The predicted octanol–water partition coefficient (Wildman–Crippen LogP) is 2.72. The molecule has 1 aromatic rings. The number of amides is 2. The van der Waals surface area contributed by atoms with Crippen LogP contribution in [0.3, 0.4) is 0 Å². The number of hydrogen-bond donors (Lipinski definition) is 2. The summed E-state index contributed by atoms with van der Waals surface area (Å²) in [5, 5.41) is 13.4. The van der Waals surface area contributed by atoms with E-state index in [0.29, 0.717) is 23.8 Å². The number of β-amino-alcohol motifs (C(OH)–C–C–N with tert-alkyl or cyclic N) is 1. The number of hydrogen-bond acceptors (Lipinski definition) is 2. The molecule has 1 aliphatic heterocycles. The first kappa shape index (κ1) is 13.2. The third-order valence-electron chi connectivity index (χ3n) is 3.06. The number of piperidine rings is 1. The van der Waals surface area contributed by atoms with E-state index in [2.05, 4.69) is 5.32 Å². The Balaban J connectivity index is 1.97. The molecule has 0 spiro atoms. The molecule has 1 saturated heterocycles. The third kappa shape index (κ3) is 3.37. The van der Waals surface area contributed by atoms with Crippen LogP contribution in [0.15, 0.2) is 24.3 Å². The highest BCUT2D eigenvalue weighted by Crippen LogP contribution is 2.21. The Kier molecular flexibility index (Phi) is 3.78. The number of aliphatic hydroxyl groups is 1. The summed E-state index contributed by atoms with van der Waals surface area (Å²) in [6, 6.07) is 6.77. The molecule has 4 nitrogen and oxygen atoms in total. The maximum absolute atomic E-state index is 12.0. The summed E-state index contributed by atoms with van der Waals surface area (Å²) in [5.41, 5.74) is -0.0788. The fourth-order valence-corrected chi connectivity index (χ4v) is 2.26. The quantitative estimate of drug-likeness (QED) is 0.823. The van der Waals surface area contributed by atoms with Crippen LogP contribution in [0.4, 0.5) is 10.5 Å². The Morgan fingerprint density at radius 1 is 1.44 bits per heavy atom. The van der Waals surface area contributed by atoms with E-state index in [1.54, 1.807) is 36.1 Å². The van der Waals surface area contributed by atoms with Crippen molar-refractivity contribution in [2.24, 2.45) is 0 Å². The summed E-state index contributed by atoms with van der Waals surface area (Å²) in [5.74, 6) is 0. The highest BCUT2D eigenvalue weighted by molar-refractivity contribution is 6.30. The number of carbonyl (C=O) groups excluding carboxylic acids is 1. The van der Waals surface area contributed by atoms with E-state index in [1.165, 1.54) is 0 Å². The number of anilines is 1. The van der Waals surface area contributed by atoms with Gasteiger partial charge in [-0.2, -0.15) is 0 Å². The number of rotatable bonds is 1. The minimum Gasteiger partial charge on any atom is -0.388 e. The normalized spacial score (nSPS) is 23.8. The number of carbonyl (C=O) groups is 1. The molecular weight excluding hydrogens is 252 g/mol. The molecule has 2 amide bonds. The largest absolute Gasteiger partial charge is 0.388 e. The van der Waals surface area contributed by atoms with Gasteiger partial charge >= 0.3 is 6.03 Å². The van der Waals surface area contributed by atoms with E-state index < -0.39 is 5.60 Å². The van der Waals surface area contributed by atoms with Crippen molar-refractivity contribution in [3.05, 3.63) is 29.3 Å². The van der Waals surface area contributed by atoms with Crippen molar-refractivity contribution in [2.75, 3.05) is 18.4 Å². The van der Waals surface area contributed by atoms with Gasteiger partial charge in [0, 0.05) is 17.3 Å². The lowest BCUT2D eigenvalue weighted by Gasteiger charge is -2.36.